The fraction of sp³-hybridized carbons (Fsp3) is 1.00. The van der Waals surface area contributed by atoms with Gasteiger partial charge in [-0.25, -0.2) is 0 Å². The zero-order valence-corrected chi connectivity index (χ0v) is 12.5. The summed E-state index contributed by atoms with van der Waals surface area (Å²) >= 11 is 0. The quantitative estimate of drug-likeness (QED) is 0.806. The Kier molecular flexibility index (Phi) is 5.05. The van der Waals surface area contributed by atoms with E-state index < -0.39 is 0 Å². The van der Waals surface area contributed by atoms with Crippen molar-refractivity contribution in [2.75, 3.05) is 47.3 Å². The van der Waals surface area contributed by atoms with Gasteiger partial charge in [-0.15, -0.1) is 0 Å². The lowest BCUT2D eigenvalue weighted by Gasteiger charge is -2.40. The van der Waals surface area contributed by atoms with E-state index in [0.29, 0.717) is 5.41 Å². The Labute approximate surface area is 113 Å². The van der Waals surface area contributed by atoms with E-state index >= 15 is 0 Å². The third kappa shape index (κ3) is 3.46. The van der Waals surface area contributed by atoms with Gasteiger partial charge in [0.05, 0.1) is 0 Å². The molecule has 18 heavy (non-hydrogen) atoms. The summed E-state index contributed by atoms with van der Waals surface area (Å²) in [4.78, 5) is 5.11. The molecule has 0 spiro atoms. The Balaban J connectivity index is 1.89. The summed E-state index contributed by atoms with van der Waals surface area (Å²) in [7, 11) is 6.55. The van der Waals surface area contributed by atoms with Crippen LogP contribution in [0.25, 0.3) is 0 Å². The molecule has 1 saturated carbocycles. The van der Waals surface area contributed by atoms with Gasteiger partial charge < -0.3 is 15.1 Å². The van der Waals surface area contributed by atoms with Crippen LogP contribution in [-0.4, -0.2) is 63.2 Å². The number of nitrogens with zero attached hydrogens (tertiary/aromatic N) is 2. The molecule has 0 radical (unpaired) electrons. The van der Waals surface area contributed by atoms with Crippen molar-refractivity contribution in [1.82, 2.24) is 15.1 Å². The van der Waals surface area contributed by atoms with Gasteiger partial charge in [0.2, 0.25) is 0 Å². The topological polar surface area (TPSA) is 18.5 Å². The second-order valence-corrected chi connectivity index (χ2v) is 6.73. The second-order valence-electron chi connectivity index (χ2n) is 6.73. The molecule has 0 bridgehead atoms. The van der Waals surface area contributed by atoms with Gasteiger partial charge in [0.25, 0.3) is 0 Å². The van der Waals surface area contributed by atoms with Gasteiger partial charge in [-0.3, -0.25) is 0 Å². The third-order valence-electron chi connectivity index (χ3n) is 5.00. The molecule has 0 amide bonds. The molecule has 2 rings (SSSR count). The molecule has 1 saturated heterocycles. The first-order valence-electron chi connectivity index (χ1n) is 7.69. The lowest BCUT2D eigenvalue weighted by molar-refractivity contribution is 0.114. The predicted octanol–water partition coefficient (Wildman–Crippen LogP) is 1.79. The molecule has 2 fully saturated rings. The predicted molar refractivity (Wildman–Crippen MR) is 78.0 cm³/mol. The highest BCUT2D eigenvalue weighted by atomic mass is 15.2. The normalized spacial score (nSPS) is 29.0. The SMILES string of the molecule is CNCC1(CN2CCC(N(C)C)C2)CCCCC1. The van der Waals surface area contributed by atoms with Crippen molar-refractivity contribution in [3.63, 3.8) is 0 Å². The molecule has 1 unspecified atom stereocenters. The number of nitrogens with one attached hydrogen (secondary N) is 1. The molecule has 1 atom stereocenters. The van der Waals surface area contributed by atoms with Crippen LogP contribution in [0.3, 0.4) is 0 Å². The van der Waals surface area contributed by atoms with E-state index in [2.05, 4.69) is 36.3 Å². The maximum absolute atomic E-state index is 3.45. The zero-order chi connectivity index (χ0) is 13.0. The summed E-state index contributed by atoms with van der Waals surface area (Å²) in [5, 5.41) is 3.45. The minimum Gasteiger partial charge on any atom is -0.319 e. The highest BCUT2D eigenvalue weighted by Crippen LogP contribution is 2.37. The van der Waals surface area contributed by atoms with Crippen LogP contribution in [0.15, 0.2) is 0 Å². The first kappa shape index (κ1) is 14.3. The molecule has 3 nitrogen and oxygen atoms in total. The van der Waals surface area contributed by atoms with Crippen molar-refractivity contribution in [3.05, 3.63) is 0 Å². The second kappa shape index (κ2) is 6.36. The van der Waals surface area contributed by atoms with Crippen molar-refractivity contribution >= 4 is 0 Å². The van der Waals surface area contributed by atoms with Gasteiger partial charge in [-0.2, -0.15) is 0 Å². The van der Waals surface area contributed by atoms with Crippen molar-refractivity contribution in [1.29, 1.82) is 0 Å². The lowest BCUT2D eigenvalue weighted by atomic mass is 9.73. The smallest absolute Gasteiger partial charge is 0.0229 e. The summed E-state index contributed by atoms with van der Waals surface area (Å²) < 4.78 is 0. The fourth-order valence-electron chi connectivity index (χ4n) is 3.92. The molecular formula is C15H31N3. The average Bonchev–Trinajstić information content (AvgIpc) is 2.79. The molecule has 1 aliphatic carbocycles. The molecular weight excluding hydrogens is 222 g/mol. The van der Waals surface area contributed by atoms with Crippen molar-refractivity contribution < 1.29 is 0 Å². The van der Waals surface area contributed by atoms with E-state index in [1.165, 1.54) is 64.7 Å². The van der Waals surface area contributed by atoms with Crippen molar-refractivity contribution in [2.24, 2.45) is 5.41 Å². The van der Waals surface area contributed by atoms with Crippen LogP contribution in [0.4, 0.5) is 0 Å². The number of hydrogen-bond donors (Lipinski definition) is 1. The van der Waals surface area contributed by atoms with E-state index in [9.17, 15) is 0 Å². The number of rotatable bonds is 5. The van der Waals surface area contributed by atoms with Crippen molar-refractivity contribution in [2.45, 2.75) is 44.6 Å². The minimum atomic E-state index is 0.564. The summed E-state index contributed by atoms with van der Waals surface area (Å²) in [5.74, 6) is 0. The van der Waals surface area contributed by atoms with Gasteiger partial charge in [0.15, 0.2) is 0 Å². The van der Waals surface area contributed by atoms with E-state index in [1.54, 1.807) is 0 Å². The maximum Gasteiger partial charge on any atom is 0.0229 e. The van der Waals surface area contributed by atoms with Crippen LogP contribution >= 0.6 is 0 Å². The Morgan fingerprint density at radius 3 is 2.50 bits per heavy atom. The van der Waals surface area contributed by atoms with Crippen LogP contribution in [0, 0.1) is 5.41 Å². The molecule has 0 aromatic heterocycles. The largest absolute Gasteiger partial charge is 0.319 e. The van der Waals surface area contributed by atoms with E-state index in [0.717, 1.165) is 6.04 Å². The monoisotopic (exact) mass is 253 g/mol. The maximum atomic E-state index is 3.45. The van der Waals surface area contributed by atoms with E-state index in [-0.39, 0.29) is 0 Å². The third-order valence-corrected chi connectivity index (χ3v) is 5.00. The molecule has 3 heteroatoms. The van der Waals surface area contributed by atoms with Crippen LogP contribution < -0.4 is 5.32 Å². The van der Waals surface area contributed by atoms with Crippen LogP contribution in [0.5, 0.6) is 0 Å². The fourth-order valence-corrected chi connectivity index (χ4v) is 3.92. The minimum absolute atomic E-state index is 0.564. The Morgan fingerprint density at radius 1 is 1.22 bits per heavy atom. The molecule has 2 aliphatic rings. The Bertz CT molecular complexity index is 241. The average molecular weight is 253 g/mol. The zero-order valence-electron chi connectivity index (χ0n) is 12.5. The molecule has 1 aliphatic heterocycles. The number of hydrogen-bond acceptors (Lipinski definition) is 3. The molecule has 0 aromatic carbocycles. The summed E-state index contributed by atoms with van der Waals surface area (Å²) in [6, 6.07) is 0.778. The van der Waals surface area contributed by atoms with Gasteiger partial charge in [0.1, 0.15) is 0 Å². The first-order chi connectivity index (χ1) is 8.65. The first-order valence-corrected chi connectivity index (χ1v) is 7.69. The van der Waals surface area contributed by atoms with E-state index in [1.807, 2.05) is 0 Å². The van der Waals surface area contributed by atoms with Gasteiger partial charge in [-0.05, 0) is 52.4 Å². The van der Waals surface area contributed by atoms with Crippen molar-refractivity contribution in [3.8, 4) is 0 Å². The van der Waals surface area contributed by atoms with Gasteiger partial charge in [0, 0.05) is 25.7 Å². The summed E-state index contributed by atoms with van der Waals surface area (Å²) in [5.41, 5.74) is 0.564. The van der Waals surface area contributed by atoms with Crippen LogP contribution in [0.2, 0.25) is 0 Å². The number of likely N-dealkylation sites (N-methyl/N-ethyl adjacent to an activating group) is 1. The standard InChI is InChI=1S/C15H31N3/c1-16-12-15(8-5-4-6-9-15)13-18-10-7-14(11-18)17(2)3/h14,16H,4-13H2,1-3H3. The Morgan fingerprint density at radius 2 is 1.94 bits per heavy atom. The molecule has 0 aromatic rings. The highest BCUT2D eigenvalue weighted by molar-refractivity contribution is 4.91. The highest BCUT2D eigenvalue weighted by Gasteiger charge is 2.35. The summed E-state index contributed by atoms with van der Waals surface area (Å²) in [6.45, 7) is 5.10. The van der Waals surface area contributed by atoms with E-state index in [4.69, 9.17) is 0 Å². The van der Waals surface area contributed by atoms with Gasteiger partial charge in [-0.1, -0.05) is 19.3 Å². The lowest BCUT2D eigenvalue weighted by Crippen LogP contribution is -2.44. The Hall–Kier alpha value is -0.120. The van der Waals surface area contributed by atoms with Gasteiger partial charge >= 0.3 is 0 Å². The number of likely N-dealkylation sites (tertiary alicyclic amines) is 1. The molecule has 1 heterocycles. The summed E-state index contributed by atoms with van der Waals surface area (Å²) in [6.07, 6.45) is 8.53. The van der Waals surface area contributed by atoms with Crippen LogP contribution in [0.1, 0.15) is 38.5 Å². The van der Waals surface area contributed by atoms with Crippen LogP contribution in [-0.2, 0) is 0 Å². The molecule has 1 N–H and O–H groups in total. The molecule has 106 valence electrons.